The lowest BCUT2D eigenvalue weighted by Gasteiger charge is -2.02. The number of benzene rings is 2. The molecule has 0 unspecified atom stereocenters. The number of fused-ring (bicyclic) bond motifs is 1. The molecule has 0 bridgehead atoms. The van der Waals surface area contributed by atoms with Crippen LogP contribution >= 0.6 is 11.6 Å². The van der Waals surface area contributed by atoms with Crippen LogP contribution in [0.25, 0.3) is 0 Å². The van der Waals surface area contributed by atoms with Crippen molar-refractivity contribution in [1.82, 2.24) is 0 Å². The largest absolute Gasteiger partial charge is 0.618 e. The number of rotatable bonds is 1. The molecule has 0 aliphatic carbocycles. The average Bonchev–Trinajstić information content (AvgIpc) is 2.62. The minimum Gasteiger partial charge on any atom is -0.618 e. The molecular formula is C14H7ClFNO2. The number of carbonyl (C=O) groups excluding carboxylic acids is 1. The molecule has 0 N–H and O–H groups in total. The summed E-state index contributed by atoms with van der Waals surface area (Å²) in [6.07, 6.45) is 0. The summed E-state index contributed by atoms with van der Waals surface area (Å²) in [4.78, 5) is 12.2. The molecule has 0 saturated heterocycles. The SMILES string of the molecule is O=C1C(c2ccccc2)=[N+]([O-])c2c(F)cc(Cl)cc21. The summed E-state index contributed by atoms with van der Waals surface area (Å²) >= 11 is 5.71. The third-order valence-corrected chi connectivity index (χ3v) is 3.16. The van der Waals surface area contributed by atoms with Gasteiger partial charge in [0, 0.05) is 5.02 Å². The van der Waals surface area contributed by atoms with Crippen molar-refractivity contribution >= 4 is 28.8 Å². The molecule has 0 amide bonds. The number of hydrogen-bond donors (Lipinski definition) is 0. The molecule has 0 fully saturated rings. The molecule has 0 atom stereocenters. The lowest BCUT2D eigenvalue weighted by atomic mass is 10.0. The van der Waals surface area contributed by atoms with Crippen LogP contribution in [0.15, 0.2) is 42.5 Å². The summed E-state index contributed by atoms with van der Waals surface area (Å²) in [5.41, 5.74) is 0.0955. The fraction of sp³-hybridized carbons (Fsp3) is 0. The lowest BCUT2D eigenvalue weighted by Crippen LogP contribution is -2.16. The van der Waals surface area contributed by atoms with Crippen LogP contribution in [-0.2, 0) is 0 Å². The van der Waals surface area contributed by atoms with Gasteiger partial charge in [0.15, 0.2) is 5.82 Å². The number of halogens is 2. The summed E-state index contributed by atoms with van der Waals surface area (Å²) in [6.45, 7) is 0. The van der Waals surface area contributed by atoms with Gasteiger partial charge in [0.25, 0.3) is 17.2 Å². The summed E-state index contributed by atoms with van der Waals surface area (Å²) < 4.78 is 14.1. The summed E-state index contributed by atoms with van der Waals surface area (Å²) in [5, 5.41) is 12.2. The van der Waals surface area contributed by atoms with Gasteiger partial charge >= 0.3 is 0 Å². The molecule has 0 radical (unpaired) electrons. The Balaban J connectivity index is 2.26. The van der Waals surface area contributed by atoms with Crippen LogP contribution < -0.4 is 0 Å². The molecular weight excluding hydrogens is 269 g/mol. The first-order chi connectivity index (χ1) is 9.09. The molecule has 19 heavy (non-hydrogen) atoms. The lowest BCUT2D eigenvalue weighted by molar-refractivity contribution is -0.358. The van der Waals surface area contributed by atoms with Crippen LogP contribution in [-0.4, -0.2) is 16.2 Å². The van der Waals surface area contributed by atoms with E-state index in [-0.39, 0.29) is 22.0 Å². The minimum absolute atomic E-state index is 0.00106. The van der Waals surface area contributed by atoms with E-state index < -0.39 is 11.6 Å². The molecule has 3 nitrogen and oxygen atoms in total. The standard InChI is InChI=1S/C14H7ClFNO2/c15-9-6-10-13(11(16)7-9)17(19)12(14(10)18)8-4-2-1-3-5-8/h1-7H. The van der Waals surface area contributed by atoms with E-state index in [9.17, 15) is 14.4 Å². The Morgan fingerprint density at radius 2 is 1.84 bits per heavy atom. The van der Waals surface area contributed by atoms with Crippen molar-refractivity contribution in [1.29, 1.82) is 0 Å². The summed E-state index contributed by atoms with van der Waals surface area (Å²) in [6, 6.07) is 10.8. The van der Waals surface area contributed by atoms with Gasteiger partial charge in [-0.2, -0.15) is 9.13 Å². The van der Waals surface area contributed by atoms with Crippen molar-refractivity contribution in [2.24, 2.45) is 0 Å². The maximum atomic E-state index is 13.8. The first-order valence-corrected chi connectivity index (χ1v) is 5.91. The maximum Gasteiger partial charge on any atom is 0.273 e. The maximum absolute atomic E-state index is 13.8. The highest BCUT2D eigenvalue weighted by Gasteiger charge is 2.39. The minimum atomic E-state index is -0.795. The third kappa shape index (κ3) is 1.72. The normalized spacial score (nSPS) is 13.9. The fourth-order valence-electron chi connectivity index (χ4n) is 2.12. The zero-order chi connectivity index (χ0) is 13.6. The van der Waals surface area contributed by atoms with E-state index in [0.717, 1.165) is 6.07 Å². The van der Waals surface area contributed by atoms with Gasteiger partial charge in [-0.05, 0) is 24.3 Å². The fourth-order valence-corrected chi connectivity index (χ4v) is 2.33. The topological polar surface area (TPSA) is 43.1 Å². The van der Waals surface area contributed by atoms with Crippen LogP contribution in [0.5, 0.6) is 0 Å². The van der Waals surface area contributed by atoms with Crippen molar-refractivity contribution in [3.63, 3.8) is 0 Å². The zero-order valence-corrected chi connectivity index (χ0v) is 10.3. The molecule has 1 aliphatic heterocycles. The van der Waals surface area contributed by atoms with E-state index in [1.165, 1.54) is 6.07 Å². The van der Waals surface area contributed by atoms with E-state index in [2.05, 4.69) is 0 Å². The van der Waals surface area contributed by atoms with Crippen LogP contribution in [0.2, 0.25) is 5.02 Å². The second-order valence-corrected chi connectivity index (χ2v) is 4.56. The number of ketones is 1. The number of carbonyl (C=O) groups is 1. The summed E-state index contributed by atoms with van der Waals surface area (Å²) in [5.74, 6) is -1.31. The van der Waals surface area contributed by atoms with Crippen LogP contribution in [0.1, 0.15) is 15.9 Å². The van der Waals surface area contributed by atoms with Crippen LogP contribution in [0.4, 0.5) is 10.1 Å². The van der Waals surface area contributed by atoms with Crippen LogP contribution in [0.3, 0.4) is 0 Å². The molecule has 2 aromatic rings. The third-order valence-electron chi connectivity index (χ3n) is 2.94. The Labute approximate surface area is 113 Å². The molecule has 2 aromatic carbocycles. The number of nitrogens with zero attached hydrogens (tertiary/aromatic N) is 1. The van der Waals surface area contributed by atoms with Gasteiger partial charge in [0.2, 0.25) is 0 Å². The Kier molecular flexibility index (Phi) is 2.61. The van der Waals surface area contributed by atoms with Gasteiger partial charge in [-0.3, -0.25) is 4.79 Å². The van der Waals surface area contributed by atoms with E-state index >= 15 is 0 Å². The number of hydrogen-bond acceptors (Lipinski definition) is 2. The molecule has 1 heterocycles. The highest BCUT2D eigenvalue weighted by molar-refractivity contribution is 6.52. The first-order valence-electron chi connectivity index (χ1n) is 5.53. The predicted octanol–water partition coefficient (Wildman–Crippen LogP) is 3.31. The molecule has 0 saturated carbocycles. The van der Waals surface area contributed by atoms with Gasteiger partial charge in [-0.1, -0.05) is 29.8 Å². The molecule has 0 spiro atoms. The molecule has 5 heteroatoms. The smallest absolute Gasteiger partial charge is 0.273 e. The van der Waals surface area contributed by atoms with E-state index in [1.54, 1.807) is 30.3 Å². The van der Waals surface area contributed by atoms with Crippen molar-refractivity contribution in [3.05, 3.63) is 69.6 Å². The monoisotopic (exact) mass is 275 g/mol. The van der Waals surface area contributed by atoms with Crippen molar-refractivity contribution in [2.45, 2.75) is 0 Å². The van der Waals surface area contributed by atoms with E-state index in [1.807, 2.05) is 0 Å². The highest BCUT2D eigenvalue weighted by Crippen LogP contribution is 2.33. The summed E-state index contributed by atoms with van der Waals surface area (Å²) in [7, 11) is 0. The highest BCUT2D eigenvalue weighted by atomic mass is 35.5. The van der Waals surface area contributed by atoms with Crippen molar-refractivity contribution in [2.75, 3.05) is 0 Å². The molecule has 0 aromatic heterocycles. The second kappa shape index (κ2) is 4.17. The molecule has 1 aliphatic rings. The second-order valence-electron chi connectivity index (χ2n) is 4.12. The van der Waals surface area contributed by atoms with Gasteiger partial charge in [0.1, 0.15) is 5.56 Å². The molecule has 3 rings (SSSR count). The van der Waals surface area contributed by atoms with Crippen molar-refractivity contribution in [3.8, 4) is 0 Å². The quantitative estimate of drug-likeness (QED) is 0.592. The first kappa shape index (κ1) is 11.9. The average molecular weight is 276 g/mol. The van der Waals surface area contributed by atoms with Crippen molar-refractivity contribution < 1.29 is 13.9 Å². The van der Waals surface area contributed by atoms with E-state index in [4.69, 9.17) is 11.6 Å². The Morgan fingerprint density at radius 3 is 2.53 bits per heavy atom. The molecule has 94 valence electrons. The predicted molar refractivity (Wildman–Crippen MR) is 69.6 cm³/mol. The number of Topliss-reactive ketones (excluding diaryl/α,β-unsaturated/α-hetero) is 1. The van der Waals surface area contributed by atoms with Crippen LogP contribution in [0, 0.1) is 11.0 Å². The Hall–Kier alpha value is -2.20. The van der Waals surface area contributed by atoms with Gasteiger partial charge < -0.3 is 5.21 Å². The zero-order valence-electron chi connectivity index (χ0n) is 9.56. The Morgan fingerprint density at radius 1 is 1.16 bits per heavy atom. The van der Waals surface area contributed by atoms with Gasteiger partial charge in [-0.15, -0.1) is 0 Å². The van der Waals surface area contributed by atoms with E-state index in [0.29, 0.717) is 10.3 Å². The van der Waals surface area contributed by atoms with Gasteiger partial charge in [-0.25, -0.2) is 0 Å². The van der Waals surface area contributed by atoms with Gasteiger partial charge in [0.05, 0.1) is 5.56 Å². The Bertz CT molecular complexity index is 726.